The molecule has 0 aliphatic heterocycles. The third-order valence-corrected chi connectivity index (χ3v) is 3.16. The number of nitrogens with zero attached hydrogens (tertiary/aromatic N) is 2. The van der Waals surface area contributed by atoms with Gasteiger partial charge in [-0.25, -0.2) is 4.98 Å². The summed E-state index contributed by atoms with van der Waals surface area (Å²) >= 11 is 1.55. The van der Waals surface area contributed by atoms with E-state index in [0.717, 1.165) is 16.3 Å². The van der Waals surface area contributed by atoms with Crippen LogP contribution in [0.15, 0.2) is 29.9 Å². The van der Waals surface area contributed by atoms with E-state index in [0.29, 0.717) is 6.54 Å². The largest absolute Gasteiger partial charge is 0.375 e. The minimum absolute atomic E-state index is 0.0708. The number of ether oxygens (including phenoxy) is 1. The van der Waals surface area contributed by atoms with E-state index in [1.54, 1.807) is 23.7 Å². The van der Waals surface area contributed by atoms with Gasteiger partial charge in [0, 0.05) is 30.4 Å². The van der Waals surface area contributed by atoms with Gasteiger partial charge in [-0.2, -0.15) is 0 Å². The fraction of sp³-hybridized carbons (Fsp3) is 0.250. The van der Waals surface area contributed by atoms with Gasteiger partial charge in [0.2, 0.25) is 5.91 Å². The summed E-state index contributed by atoms with van der Waals surface area (Å²) in [5.74, 6) is -0.143. The third kappa shape index (κ3) is 3.35. The van der Waals surface area contributed by atoms with E-state index in [9.17, 15) is 4.79 Å². The Morgan fingerprint density at radius 2 is 2.22 bits per heavy atom. The number of rotatable bonds is 5. The summed E-state index contributed by atoms with van der Waals surface area (Å²) in [4.78, 5) is 19.6. The first-order valence-corrected chi connectivity index (χ1v) is 6.28. The number of nitrogens with one attached hydrogen (secondary N) is 1. The van der Waals surface area contributed by atoms with Crippen molar-refractivity contribution in [3.63, 3.8) is 0 Å². The van der Waals surface area contributed by atoms with Gasteiger partial charge in [-0.1, -0.05) is 0 Å². The van der Waals surface area contributed by atoms with Gasteiger partial charge in [0.15, 0.2) is 0 Å². The molecular weight excluding hydrogens is 250 g/mol. The highest BCUT2D eigenvalue weighted by molar-refractivity contribution is 7.13. The van der Waals surface area contributed by atoms with Crippen LogP contribution in [0.5, 0.6) is 0 Å². The number of carbonyl (C=O) groups is 1. The Morgan fingerprint density at radius 3 is 2.94 bits per heavy atom. The van der Waals surface area contributed by atoms with Crippen LogP contribution < -0.4 is 5.32 Å². The molecule has 0 unspecified atom stereocenters. The molecule has 0 aliphatic rings. The fourth-order valence-corrected chi connectivity index (χ4v) is 2.21. The van der Waals surface area contributed by atoms with Gasteiger partial charge in [0.1, 0.15) is 11.6 Å². The van der Waals surface area contributed by atoms with Crippen molar-refractivity contribution in [1.82, 2.24) is 15.3 Å². The summed E-state index contributed by atoms with van der Waals surface area (Å²) in [6.45, 7) is 0.491. The zero-order valence-electron chi connectivity index (χ0n) is 9.92. The zero-order chi connectivity index (χ0) is 12.8. The zero-order valence-corrected chi connectivity index (χ0v) is 10.7. The molecule has 0 aromatic carbocycles. The number of thiazole rings is 1. The SMILES string of the molecule is COCC(=O)NCc1csc(-c2ccncc2)n1. The first kappa shape index (κ1) is 12.7. The molecule has 2 aromatic rings. The maximum Gasteiger partial charge on any atom is 0.246 e. The lowest BCUT2D eigenvalue weighted by molar-refractivity contribution is -0.124. The Balaban J connectivity index is 1.97. The normalized spacial score (nSPS) is 10.3. The minimum Gasteiger partial charge on any atom is -0.375 e. The van der Waals surface area contributed by atoms with Gasteiger partial charge in [0.05, 0.1) is 12.2 Å². The van der Waals surface area contributed by atoms with Gasteiger partial charge in [-0.05, 0) is 12.1 Å². The molecule has 0 saturated carbocycles. The summed E-state index contributed by atoms with van der Waals surface area (Å²) in [6.07, 6.45) is 3.47. The highest BCUT2D eigenvalue weighted by Crippen LogP contribution is 2.22. The maximum atomic E-state index is 11.2. The van der Waals surface area contributed by atoms with Crippen molar-refractivity contribution in [2.45, 2.75) is 6.54 Å². The van der Waals surface area contributed by atoms with Crippen LogP contribution in [0.2, 0.25) is 0 Å². The second kappa shape index (κ2) is 6.23. The molecule has 0 atom stereocenters. The average Bonchev–Trinajstić information content (AvgIpc) is 2.87. The van der Waals surface area contributed by atoms with Crippen LogP contribution in [0, 0.1) is 0 Å². The Morgan fingerprint density at radius 1 is 1.44 bits per heavy atom. The highest BCUT2D eigenvalue weighted by atomic mass is 32.1. The fourth-order valence-electron chi connectivity index (χ4n) is 1.39. The molecule has 0 radical (unpaired) electrons. The Hall–Kier alpha value is -1.79. The first-order chi connectivity index (χ1) is 8.79. The van der Waals surface area contributed by atoms with Crippen molar-refractivity contribution in [1.29, 1.82) is 0 Å². The Labute approximate surface area is 109 Å². The molecule has 5 nitrogen and oxygen atoms in total. The summed E-state index contributed by atoms with van der Waals surface area (Å²) in [5, 5.41) is 5.59. The van der Waals surface area contributed by atoms with E-state index >= 15 is 0 Å². The van der Waals surface area contributed by atoms with Crippen molar-refractivity contribution in [3.8, 4) is 10.6 Å². The van der Waals surface area contributed by atoms with Gasteiger partial charge < -0.3 is 10.1 Å². The topological polar surface area (TPSA) is 64.1 Å². The summed E-state index contributed by atoms with van der Waals surface area (Å²) in [5.41, 5.74) is 1.88. The predicted octanol–water partition coefficient (Wildman–Crippen LogP) is 1.47. The molecule has 2 rings (SSSR count). The van der Waals surface area contributed by atoms with Crippen LogP contribution in [0.3, 0.4) is 0 Å². The molecule has 1 N–H and O–H groups in total. The van der Waals surface area contributed by atoms with Crippen LogP contribution in [-0.4, -0.2) is 29.6 Å². The molecule has 0 spiro atoms. The highest BCUT2D eigenvalue weighted by Gasteiger charge is 2.05. The molecule has 94 valence electrons. The van der Waals surface area contributed by atoms with Gasteiger partial charge in [-0.15, -0.1) is 11.3 Å². The van der Waals surface area contributed by atoms with E-state index in [1.807, 2.05) is 17.5 Å². The number of amides is 1. The first-order valence-electron chi connectivity index (χ1n) is 5.40. The van der Waals surface area contributed by atoms with Crippen molar-refractivity contribution in [3.05, 3.63) is 35.6 Å². The van der Waals surface area contributed by atoms with E-state index < -0.39 is 0 Å². The maximum absolute atomic E-state index is 11.2. The smallest absolute Gasteiger partial charge is 0.246 e. The van der Waals surface area contributed by atoms with Gasteiger partial charge in [-0.3, -0.25) is 9.78 Å². The molecule has 6 heteroatoms. The predicted molar refractivity (Wildman–Crippen MR) is 69.1 cm³/mol. The van der Waals surface area contributed by atoms with Crippen LogP contribution in [0.25, 0.3) is 10.6 Å². The Bertz CT molecular complexity index is 513. The monoisotopic (exact) mass is 263 g/mol. The third-order valence-electron chi connectivity index (χ3n) is 2.22. The van der Waals surface area contributed by atoms with Crippen LogP contribution in [0.4, 0.5) is 0 Å². The van der Waals surface area contributed by atoms with Crippen molar-refractivity contribution >= 4 is 17.2 Å². The molecule has 1 amide bonds. The minimum atomic E-state index is -0.143. The number of pyridine rings is 1. The summed E-state index contributed by atoms with van der Waals surface area (Å²) in [6, 6.07) is 3.82. The number of methoxy groups -OCH3 is 1. The van der Waals surface area contributed by atoms with Crippen molar-refractivity contribution < 1.29 is 9.53 Å². The lowest BCUT2D eigenvalue weighted by Gasteiger charge is -2.01. The number of hydrogen-bond donors (Lipinski definition) is 1. The standard InChI is InChI=1S/C12H13N3O2S/c1-17-7-11(16)14-6-10-8-18-12(15-10)9-2-4-13-5-3-9/h2-5,8H,6-7H2,1H3,(H,14,16). The summed E-state index contributed by atoms with van der Waals surface area (Å²) < 4.78 is 4.73. The molecule has 0 saturated heterocycles. The lowest BCUT2D eigenvalue weighted by Crippen LogP contribution is -2.26. The number of carbonyl (C=O) groups excluding carboxylic acids is 1. The van der Waals surface area contributed by atoms with Crippen LogP contribution >= 0.6 is 11.3 Å². The quantitative estimate of drug-likeness (QED) is 0.887. The molecular formula is C12H13N3O2S. The second-order valence-electron chi connectivity index (χ2n) is 3.59. The number of hydrogen-bond acceptors (Lipinski definition) is 5. The van der Waals surface area contributed by atoms with E-state index in [-0.39, 0.29) is 12.5 Å². The van der Waals surface area contributed by atoms with Gasteiger partial charge in [0.25, 0.3) is 0 Å². The van der Waals surface area contributed by atoms with E-state index in [4.69, 9.17) is 4.74 Å². The molecule has 0 bridgehead atoms. The van der Waals surface area contributed by atoms with Crippen molar-refractivity contribution in [2.75, 3.05) is 13.7 Å². The summed E-state index contributed by atoms with van der Waals surface area (Å²) in [7, 11) is 1.49. The van der Waals surface area contributed by atoms with E-state index in [1.165, 1.54) is 7.11 Å². The molecule has 0 fully saturated rings. The lowest BCUT2D eigenvalue weighted by atomic mass is 10.3. The van der Waals surface area contributed by atoms with Crippen LogP contribution in [-0.2, 0) is 16.1 Å². The Kier molecular flexibility index (Phi) is 4.38. The number of aromatic nitrogens is 2. The van der Waals surface area contributed by atoms with Crippen LogP contribution in [0.1, 0.15) is 5.69 Å². The average molecular weight is 263 g/mol. The molecule has 18 heavy (non-hydrogen) atoms. The second-order valence-corrected chi connectivity index (χ2v) is 4.45. The van der Waals surface area contributed by atoms with Gasteiger partial charge >= 0.3 is 0 Å². The molecule has 0 aliphatic carbocycles. The molecule has 2 heterocycles. The van der Waals surface area contributed by atoms with E-state index in [2.05, 4.69) is 15.3 Å². The van der Waals surface area contributed by atoms with Crippen molar-refractivity contribution in [2.24, 2.45) is 0 Å². The molecule has 2 aromatic heterocycles.